The van der Waals surface area contributed by atoms with E-state index in [1.54, 1.807) is 0 Å². The van der Waals surface area contributed by atoms with Gasteiger partial charge in [0.05, 0.1) is 6.42 Å². The van der Waals surface area contributed by atoms with Crippen molar-refractivity contribution in [3.05, 3.63) is 0 Å². The molecule has 2 atom stereocenters. The monoisotopic (exact) mass is 182 g/mol. The van der Waals surface area contributed by atoms with Gasteiger partial charge in [-0.1, -0.05) is 13.8 Å². The molecule has 0 bridgehead atoms. The SMILES string of the molecule is CC1(C)CCCC2(C)OC(=O)CC12. The zero-order valence-corrected chi connectivity index (χ0v) is 8.72. The quantitative estimate of drug-likeness (QED) is 0.538. The van der Waals surface area contributed by atoms with Crippen LogP contribution in [0.4, 0.5) is 0 Å². The van der Waals surface area contributed by atoms with E-state index in [1.165, 1.54) is 12.8 Å². The van der Waals surface area contributed by atoms with Gasteiger partial charge in [0.15, 0.2) is 0 Å². The number of rotatable bonds is 0. The minimum absolute atomic E-state index is 0.00229. The van der Waals surface area contributed by atoms with Crippen molar-refractivity contribution in [1.82, 2.24) is 0 Å². The number of carbonyl (C=O) groups excluding carboxylic acids is 1. The van der Waals surface area contributed by atoms with E-state index in [2.05, 4.69) is 20.8 Å². The molecule has 1 saturated carbocycles. The number of esters is 1. The van der Waals surface area contributed by atoms with Gasteiger partial charge in [-0.3, -0.25) is 4.79 Å². The normalized spacial score (nSPS) is 42.7. The Bertz CT molecular complexity index is 244. The van der Waals surface area contributed by atoms with Gasteiger partial charge in [-0.15, -0.1) is 0 Å². The first-order valence-corrected chi connectivity index (χ1v) is 5.16. The lowest BCUT2D eigenvalue weighted by molar-refractivity contribution is -0.151. The molecule has 0 spiro atoms. The molecule has 0 aromatic heterocycles. The molecule has 0 aromatic rings. The van der Waals surface area contributed by atoms with Gasteiger partial charge in [-0.2, -0.15) is 0 Å². The van der Waals surface area contributed by atoms with Crippen molar-refractivity contribution in [2.75, 3.05) is 0 Å². The Kier molecular flexibility index (Phi) is 1.73. The van der Waals surface area contributed by atoms with E-state index in [-0.39, 0.29) is 17.0 Å². The second-order valence-corrected chi connectivity index (χ2v) is 5.39. The number of ether oxygens (including phenoxy) is 1. The first kappa shape index (κ1) is 9.04. The summed E-state index contributed by atoms with van der Waals surface area (Å²) in [6.45, 7) is 6.62. The summed E-state index contributed by atoms with van der Waals surface area (Å²) < 4.78 is 5.45. The molecule has 2 unspecified atom stereocenters. The number of hydrogen-bond acceptors (Lipinski definition) is 2. The summed E-state index contributed by atoms with van der Waals surface area (Å²) in [5.74, 6) is 0.434. The van der Waals surface area contributed by atoms with E-state index >= 15 is 0 Å². The fraction of sp³-hybridized carbons (Fsp3) is 0.909. The molecule has 0 radical (unpaired) electrons. The minimum atomic E-state index is -0.154. The fourth-order valence-corrected chi connectivity index (χ4v) is 3.15. The van der Waals surface area contributed by atoms with Crippen LogP contribution in [0.15, 0.2) is 0 Å². The average molecular weight is 182 g/mol. The first-order chi connectivity index (χ1) is 5.94. The van der Waals surface area contributed by atoms with E-state index in [4.69, 9.17) is 4.74 Å². The highest BCUT2D eigenvalue weighted by molar-refractivity contribution is 5.73. The van der Waals surface area contributed by atoms with Crippen molar-refractivity contribution in [2.24, 2.45) is 11.3 Å². The molecule has 1 saturated heterocycles. The van der Waals surface area contributed by atoms with Crippen LogP contribution >= 0.6 is 0 Å². The van der Waals surface area contributed by atoms with Crippen LogP contribution in [0.1, 0.15) is 46.5 Å². The van der Waals surface area contributed by atoms with E-state index in [9.17, 15) is 4.79 Å². The van der Waals surface area contributed by atoms with Gasteiger partial charge in [0.1, 0.15) is 5.60 Å². The molecule has 74 valence electrons. The van der Waals surface area contributed by atoms with Crippen molar-refractivity contribution in [1.29, 1.82) is 0 Å². The molecule has 0 aromatic carbocycles. The van der Waals surface area contributed by atoms with Gasteiger partial charge in [0.2, 0.25) is 0 Å². The van der Waals surface area contributed by atoms with Gasteiger partial charge in [-0.25, -0.2) is 0 Å². The summed E-state index contributed by atoms with van der Waals surface area (Å²) in [6.07, 6.45) is 4.09. The molecule has 13 heavy (non-hydrogen) atoms. The number of carbonyl (C=O) groups is 1. The molecule has 1 heterocycles. The zero-order valence-electron chi connectivity index (χ0n) is 8.72. The Morgan fingerprint density at radius 1 is 1.31 bits per heavy atom. The molecule has 1 aliphatic heterocycles. The smallest absolute Gasteiger partial charge is 0.306 e. The van der Waals surface area contributed by atoms with Crippen LogP contribution in [0.5, 0.6) is 0 Å². The fourth-order valence-electron chi connectivity index (χ4n) is 3.15. The lowest BCUT2D eigenvalue weighted by Gasteiger charge is -2.44. The first-order valence-electron chi connectivity index (χ1n) is 5.16. The average Bonchev–Trinajstić information content (AvgIpc) is 2.25. The lowest BCUT2D eigenvalue weighted by atomic mass is 9.62. The van der Waals surface area contributed by atoms with E-state index in [1.807, 2.05) is 0 Å². The Balaban J connectivity index is 2.30. The molecule has 2 fully saturated rings. The van der Waals surface area contributed by atoms with Gasteiger partial charge in [-0.05, 0) is 31.6 Å². The maximum atomic E-state index is 11.3. The third kappa shape index (κ3) is 1.27. The summed E-state index contributed by atoms with van der Waals surface area (Å²) in [5.41, 5.74) is 0.123. The van der Waals surface area contributed by atoms with Crippen molar-refractivity contribution in [2.45, 2.75) is 52.1 Å². The third-order valence-corrected chi connectivity index (χ3v) is 3.89. The molecular weight excluding hydrogens is 164 g/mol. The van der Waals surface area contributed by atoms with Gasteiger partial charge in [0, 0.05) is 5.92 Å². The Morgan fingerprint density at radius 2 is 2.00 bits per heavy atom. The highest BCUT2D eigenvalue weighted by Crippen LogP contribution is 2.52. The summed E-state index contributed by atoms with van der Waals surface area (Å²) in [7, 11) is 0. The topological polar surface area (TPSA) is 26.3 Å². The Hall–Kier alpha value is -0.530. The molecule has 2 heteroatoms. The van der Waals surface area contributed by atoms with E-state index in [0.29, 0.717) is 12.3 Å². The van der Waals surface area contributed by atoms with Crippen LogP contribution in [-0.4, -0.2) is 11.6 Å². The molecule has 0 N–H and O–H groups in total. The van der Waals surface area contributed by atoms with Crippen molar-refractivity contribution in [3.63, 3.8) is 0 Å². The Labute approximate surface area is 79.7 Å². The van der Waals surface area contributed by atoms with Crippen molar-refractivity contribution >= 4 is 5.97 Å². The van der Waals surface area contributed by atoms with Crippen molar-refractivity contribution < 1.29 is 9.53 Å². The maximum Gasteiger partial charge on any atom is 0.306 e. The van der Waals surface area contributed by atoms with Crippen LogP contribution in [0.25, 0.3) is 0 Å². The summed E-state index contributed by atoms with van der Waals surface area (Å²) >= 11 is 0. The standard InChI is InChI=1S/C11H18O2/c1-10(2)5-4-6-11(3)8(10)7-9(12)13-11/h8H,4-7H2,1-3H3. The molecule has 2 aliphatic rings. The van der Waals surface area contributed by atoms with E-state index in [0.717, 1.165) is 6.42 Å². The molecule has 1 aliphatic carbocycles. The maximum absolute atomic E-state index is 11.3. The lowest BCUT2D eigenvalue weighted by Crippen LogP contribution is -2.44. The highest BCUT2D eigenvalue weighted by atomic mass is 16.6. The molecular formula is C11H18O2. The number of hydrogen-bond donors (Lipinski definition) is 0. The van der Waals surface area contributed by atoms with Gasteiger partial charge >= 0.3 is 5.97 Å². The summed E-state index contributed by atoms with van der Waals surface area (Å²) in [6, 6.07) is 0. The zero-order chi connectivity index (χ0) is 9.69. The third-order valence-electron chi connectivity index (χ3n) is 3.89. The van der Waals surface area contributed by atoms with Gasteiger partial charge < -0.3 is 4.74 Å². The largest absolute Gasteiger partial charge is 0.459 e. The van der Waals surface area contributed by atoms with Crippen LogP contribution < -0.4 is 0 Å². The number of fused-ring (bicyclic) bond motifs is 1. The minimum Gasteiger partial charge on any atom is -0.459 e. The molecule has 0 amide bonds. The second-order valence-electron chi connectivity index (χ2n) is 5.39. The van der Waals surface area contributed by atoms with Crippen molar-refractivity contribution in [3.8, 4) is 0 Å². The predicted octanol–water partition coefficient (Wildman–Crippen LogP) is 2.52. The van der Waals surface area contributed by atoms with E-state index < -0.39 is 0 Å². The van der Waals surface area contributed by atoms with Crippen LogP contribution in [0, 0.1) is 11.3 Å². The van der Waals surface area contributed by atoms with Crippen LogP contribution in [0.3, 0.4) is 0 Å². The predicted molar refractivity (Wildman–Crippen MR) is 50.2 cm³/mol. The summed E-state index contributed by atoms with van der Waals surface area (Å²) in [5, 5.41) is 0. The van der Waals surface area contributed by atoms with Crippen LogP contribution in [-0.2, 0) is 9.53 Å². The van der Waals surface area contributed by atoms with Crippen LogP contribution in [0.2, 0.25) is 0 Å². The van der Waals surface area contributed by atoms with Gasteiger partial charge in [0.25, 0.3) is 0 Å². The highest BCUT2D eigenvalue weighted by Gasteiger charge is 2.54. The molecule has 2 rings (SSSR count). The second kappa shape index (κ2) is 2.49. The molecule has 2 nitrogen and oxygen atoms in total. The Morgan fingerprint density at radius 3 is 2.62 bits per heavy atom. The summed E-state index contributed by atoms with van der Waals surface area (Å²) in [4.78, 5) is 11.3.